The fourth-order valence-corrected chi connectivity index (χ4v) is 3.23. The van der Waals surface area contributed by atoms with Crippen molar-refractivity contribution >= 4 is 34.2 Å². The summed E-state index contributed by atoms with van der Waals surface area (Å²) in [4.78, 5) is 37.1. The Morgan fingerprint density at radius 3 is 2.35 bits per heavy atom. The van der Waals surface area contributed by atoms with Gasteiger partial charge in [0.1, 0.15) is 11.6 Å². The number of nitrogens with one attached hydrogen (secondary N) is 2. The molecule has 0 aliphatic carbocycles. The van der Waals surface area contributed by atoms with Crippen molar-refractivity contribution in [1.82, 2.24) is 10.7 Å². The van der Waals surface area contributed by atoms with Crippen LogP contribution in [-0.2, 0) is 9.53 Å². The number of rotatable bonds is 8. The van der Waals surface area contributed by atoms with Crippen LogP contribution in [0.4, 0.5) is 5.69 Å². The van der Waals surface area contributed by atoms with Crippen LogP contribution in [-0.4, -0.2) is 49.6 Å². The van der Waals surface area contributed by atoms with E-state index in [1.54, 1.807) is 52.1 Å². The fourth-order valence-electron chi connectivity index (χ4n) is 3.23. The minimum Gasteiger partial charge on any atom is -0.459 e. The summed E-state index contributed by atoms with van der Waals surface area (Å²) in [7, 11) is 1.78. The molecule has 9 heteroatoms. The lowest BCUT2D eigenvalue weighted by Gasteiger charge is -2.25. The lowest BCUT2D eigenvalue weighted by molar-refractivity contribution is -0.156. The fraction of sp³-hybridized carbons (Fsp3) is 0.409. The Morgan fingerprint density at radius 1 is 1.13 bits per heavy atom. The van der Waals surface area contributed by atoms with E-state index in [4.69, 9.17) is 16.2 Å². The van der Waals surface area contributed by atoms with Gasteiger partial charge >= 0.3 is 5.97 Å². The van der Waals surface area contributed by atoms with Gasteiger partial charge in [-0.2, -0.15) is 0 Å². The quantitative estimate of drug-likeness (QED) is 0.366. The van der Waals surface area contributed by atoms with E-state index in [2.05, 4.69) is 10.7 Å². The summed E-state index contributed by atoms with van der Waals surface area (Å²) in [5.41, 5.74) is 15.1. The Morgan fingerprint density at radius 2 is 1.81 bits per heavy atom. The second kappa shape index (κ2) is 9.76. The van der Waals surface area contributed by atoms with Gasteiger partial charge in [0, 0.05) is 42.0 Å². The normalized spacial score (nSPS) is 12.3. The monoisotopic (exact) mass is 429 g/mol. The van der Waals surface area contributed by atoms with E-state index < -0.39 is 29.4 Å². The first-order valence-electron chi connectivity index (χ1n) is 10.1. The van der Waals surface area contributed by atoms with Gasteiger partial charge in [-0.15, -0.1) is 0 Å². The Balaban J connectivity index is 2.41. The third-order valence-electron chi connectivity index (χ3n) is 4.60. The number of hydrogen-bond acceptors (Lipinski definition) is 7. The molecule has 0 bridgehead atoms. The van der Waals surface area contributed by atoms with Gasteiger partial charge in [-0.3, -0.25) is 14.4 Å². The highest BCUT2D eigenvalue weighted by Crippen LogP contribution is 2.31. The van der Waals surface area contributed by atoms with E-state index in [-0.39, 0.29) is 17.7 Å². The number of hydrazine groups is 1. The van der Waals surface area contributed by atoms with Crippen LogP contribution in [0.3, 0.4) is 0 Å². The van der Waals surface area contributed by atoms with Crippen molar-refractivity contribution in [2.24, 2.45) is 11.5 Å². The van der Waals surface area contributed by atoms with Gasteiger partial charge < -0.3 is 26.5 Å². The van der Waals surface area contributed by atoms with Crippen LogP contribution in [0.15, 0.2) is 30.3 Å². The number of carbonyl (C=O) groups excluding carboxylic acids is 3. The summed E-state index contributed by atoms with van der Waals surface area (Å²) in [6.07, 6.45) is 0. The number of primary amides is 1. The van der Waals surface area contributed by atoms with Gasteiger partial charge in [0.05, 0.1) is 5.69 Å². The lowest BCUT2D eigenvalue weighted by Crippen LogP contribution is -2.45. The number of carbonyl (C=O) groups is 3. The number of anilines is 1. The Hall–Kier alpha value is -3.17. The summed E-state index contributed by atoms with van der Waals surface area (Å²) < 4.78 is 5.24. The van der Waals surface area contributed by atoms with Crippen LogP contribution in [0, 0.1) is 0 Å². The largest absolute Gasteiger partial charge is 0.459 e. The minimum absolute atomic E-state index is 0.118. The standard InChI is InChI=1S/C22H31N5O4/c1-6-27(25-5)17-11-10-15(18-13(17)8-7-9-14(18)19(24)28)20(29)26-12-16(23)21(30)31-22(2,3)4/h7-11,16,25H,6,12,23H2,1-5H3,(H2,24,28)(H,26,29). The first-order valence-corrected chi connectivity index (χ1v) is 10.1. The molecule has 0 aliphatic rings. The zero-order chi connectivity index (χ0) is 23.3. The zero-order valence-electron chi connectivity index (χ0n) is 18.6. The highest BCUT2D eigenvalue weighted by molar-refractivity contribution is 6.18. The Labute approximate surface area is 182 Å². The van der Waals surface area contributed by atoms with Crippen LogP contribution in [0.1, 0.15) is 48.4 Å². The SMILES string of the molecule is CCN(NC)c1ccc(C(=O)NCC(N)C(=O)OC(C)(C)C)c2c(C(N)=O)cccc12. The van der Waals surface area contributed by atoms with Gasteiger partial charge in [-0.25, -0.2) is 5.43 Å². The molecule has 9 nitrogen and oxygen atoms in total. The molecule has 0 saturated heterocycles. The summed E-state index contributed by atoms with van der Waals surface area (Å²) in [6, 6.07) is 7.50. The van der Waals surface area contributed by atoms with Crippen LogP contribution in [0.25, 0.3) is 10.8 Å². The summed E-state index contributed by atoms with van der Waals surface area (Å²) in [6.45, 7) is 7.72. The molecule has 1 unspecified atom stereocenters. The van der Waals surface area contributed by atoms with Crippen molar-refractivity contribution in [1.29, 1.82) is 0 Å². The second-order valence-electron chi connectivity index (χ2n) is 8.04. The van der Waals surface area contributed by atoms with E-state index in [0.29, 0.717) is 17.3 Å². The highest BCUT2D eigenvalue weighted by Gasteiger charge is 2.24. The van der Waals surface area contributed by atoms with Gasteiger partial charge in [-0.1, -0.05) is 12.1 Å². The number of nitrogens with two attached hydrogens (primary N) is 2. The minimum atomic E-state index is -1.02. The van der Waals surface area contributed by atoms with E-state index in [1.807, 2.05) is 18.0 Å². The van der Waals surface area contributed by atoms with Gasteiger partial charge in [0.25, 0.3) is 5.91 Å². The molecule has 2 aromatic carbocycles. The number of nitrogens with zero attached hydrogens (tertiary/aromatic N) is 1. The van der Waals surface area contributed by atoms with E-state index in [1.165, 1.54) is 0 Å². The average Bonchev–Trinajstić information content (AvgIpc) is 2.70. The summed E-state index contributed by atoms with van der Waals surface area (Å²) in [5, 5.41) is 5.66. The smallest absolute Gasteiger partial charge is 0.325 e. The van der Waals surface area contributed by atoms with Crippen molar-refractivity contribution < 1.29 is 19.1 Å². The number of fused-ring (bicyclic) bond motifs is 1. The first kappa shape index (κ1) is 24.1. The molecule has 0 aliphatic heterocycles. The predicted molar refractivity (Wildman–Crippen MR) is 121 cm³/mol. The molecule has 2 aromatic rings. The average molecular weight is 430 g/mol. The maximum atomic E-state index is 13.0. The molecular formula is C22H31N5O4. The molecule has 0 fully saturated rings. The van der Waals surface area contributed by atoms with Crippen molar-refractivity contribution in [3.05, 3.63) is 41.5 Å². The van der Waals surface area contributed by atoms with Gasteiger partial charge in [-0.05, 0) is 45.9 Å². The third kappa shape index (κ3) is 5.71. The Kier molecular flexibility index (Phi) is 7.59. The third-order valence-corrected chi connectivity index (χ3v) is 4.60. The maximum Gasteiger partial charge on any atom is 0.325 e. The van der Waals surface area contributed by atoms with E-state index in [0.717, 1.165) is 5.69 Å². The van der Waals surface area contributed by atoms with Gasteiger partial charge in [0.15, 0.2) is 0 Å². The van der Waals surface area contributed by atoms with Crippen LogP contribution in [0.5, 0.6) is 0 Å². The summed E-state index contributed by atoms with van der Waals surface area (Å²) in [5.74, 6) is -1.73. The Bertz CT molecular complexity index is 980. The number of esters is 1. The summed E-state index contributed by atoms with van der Waals surface area (Å²) >= 11 is 0. The number of amides is 2. The molecule has 31 heavy (non-hydrogen) atoms. The van der Waals surface area contributed by atoms with Crippen LogP contribution in [0.2, 0.25) is 0 Å². The van der Waals surface area contributed by atoms with Crippen LogP contribution >= 0.6 is 0 Å². The number of benzene rings is 2. The van der Waals surface area contributed by atoms with Crippen LogP contribution < -0.4 is 27.2 Å². The molecule has 0 heterocycles. The van der Waals surface area contributed by atoms with Crippen molar-refractivity contribution in [2.75, 3.05) is 25.1 Å². The molecule has 0 spiro atoms. The van der Waals surface area contributed by atoms with Crippen molar-refractivity contribution in [3.63, 3.8) is 0 Å². The van der Waals surface area contributed by atoms with Gasteiger partial charge in [0.2, 0.25) is 5.91 Å². The number of ether oxygens (including phenoxy) is 1. The lowest BCUT2D eigenvalue weighted by atomic mass is 9.96. The zero-order valence-corrected chi connectivity index (χ0v) is 18.6. The molecular weight excluding hydrogens is 398 g/mol. The molecule has 2 rings (SSSR count). The molecule has 0 saturated carbocycles. The molecule has 0 aromatic heterocycles. The predicted octanol–water partition coefficient (Wildman–Crippen LogP) is 1.30. The first-order chi connectivity index (χ1) is 14.5. The van der Waals surface area contributed by atoms with E-state index >= 15 is 0 Å². The molecule has 168 valence electrons. The molecule has 2 amide bonds. The number of hydrogen-bond donors (Lipinski definition) is 4. The van der Waals surface area contributed by atoms with Crippen molar-refractivity contribution in [2.45, 2.75) is 39.3 Å². The highest BCUT2D eigenvalue weighted by atomic mass is 16.6. The van der Waals surface area contributed by atoms with Crippen molar-refractivity contribution in [3.8, 4) is 0 Å². The molecule has 0 radical (unpaired) electrons. The van der Waals surface area contributed by atoms with E-state index in [9.17, 15) is 14.4 Å². The topological polar surface area (TPSA) is 140 Å². The molecule has 1 atom stereocenters. The second-order valence-corrected chi connectivity index (χ2v) is 8.04. The maximum absolute atomic E-state index is 13.0. The molecule has 6 N–H and O–H groups in total.